The van der Waals surface area contributed by atoms with Crippen molar-refractivity contribution in [2.45, 2.75) is 6.42 Å². The summed E-state index contributed by atoms with van der Waals surface area (Å²) in [4.78, 5) is 27.5. The van der Waals surface area contributed by atoms with Crippen LogP contribution in [0.5, 0.6) is 0 Å². The summed E-state index contributed by atoms with van der Waals surface area (Å²) in [5.74, 6) is -0.802. The third-order valence-corrected chi connectivity index (χ3v) is 3.36. The second kappa shape index (κ2) is 4.38. The molecule has 0 bridgehead atoms. The molecule has 92 valence electrons. The maximum Gasteiger partial charge on any atom is 0.300 e. The van der Waals surface area contributed by atoms with E-state index >= 15 is 0 Å². The van der Waals surface area contributed by atoms with Gasteiger partial charge in [0.05, 0.1) is 17.9 Å². The highest BCUT2D eigenvalue weighted by molar-refractivity contribution is 6.52. The number of carbonyl (C=O) groups is 2. The number of rotatable bonds is 2. The molecule has 0 fully saturated rings. The molecule has 2 aliphatic heterocycles. The zero-order chi connectivity index (χ0) is 12.5. The molecule has 0 saturated heterocycles. The van der Waals surface area contributed by atoms with Crippen LogP contribution in [0.15, 0.2) is 36.4 Å². The van der Waals surface area contributed by atoms with E-state index in [0.717, 1.165) is 25.2 Å². The van der Waals surface area contributed by atoms with Crippen LogP contribution in [-0.2, 0) is 4.79 Å². The van der Waals surface area contributed by atoms with Crippen LogP contribution in [0.3, 0.4) is 0 Å². The highest BCUT2D eigenvalue weighted by Gasteiger charge is 2.36. The summed E-state index contributed by atoms with van der Waals surface area (Å²) in [6.45, 7) is 2.25. The van der Waals surface area contributed by atoms with Crippen LogP contribution in [0.2, 0.25) is 0 Å². The van der Waals surface area contributed by atoms with Gasteiger partial charge in [0.1, 0.15) is 0 Å². The normalized spacial score (nSPS) is 19.4. The summed E-state index contributed by atoms with van der Waals surface area (Å²) < 4.78 is 0. The van der Waals surface area contributed by atoms with Gasteiger partial charge in [-0.05, 0) is 18.6 Å². The lowest BCUT2D eigenvalue weighted by Crippen LogP contribution is -2.42. The van der Waals surface area contributed by atoms with Gasteiger partial charge in [0, 0.05) is 13.1 Å². The molecule has 0 saturated carbocycles. The number of amides is 1. The van der Waals surface area contributed by atoms with Gasteiger partial charge in [-0.15, -0.1) is 0 Å². The minimum atomic E-state index is -0.411. The van der Waals surface area contributed by atoms with Gasteiger partial charge in [0.25, 0.3) is 5.78 Å². The molecule has 2 aliphatic rings. The van der Waals surface area contributed by atoms with Gasteiger partial charge in [-0.25, -0.2) is 0 Å². The first-order valence-corrected chi connectivity index (χ1v) is 6.10. The first-order chi connectivity index (χ1) is 8.77. The Morgan fingerprint density at radius 1 is 1.11 bits per heavy atom. The van der Waals surface area contributed by atoms with Gasteiger partial charge in [0.15, 0.2) is 0 Å². The van der Waals surface area contributed by atoms with Crippen LogP contribution in [0, 0.1) is 0 Å². The highest BCUT2D eigenvalue weighted by atomic mass is 16.2. The lowest BCUT2D eigenvalue weighted by Gasteiger charge is -2.28. The molecule has 1 aromatic rings. The van der Waals surface area contributed by atoms with Gasteiger partial charge in [0.2, 0.25) is 0 Å². The molecule has 4 nitrogen and oxygen atoms in total. The molecule has 0 aromatic heterocycles. The van der Waals surface area contributed by atoms with E-state index in [1.54, 1.807) is 17.0 Å². The van der Waals surface area contributed by atoms with Crippen molar-refractivity contribution in [3.8, 4) is 0 Å². The summed E-state index contributed by atoms with van der Waals surface area (Å²) >= 11 is 0. The third-order valence-electron chi connectivity index (χ3n) is 3.36. The van der Waals surface area contributed by atoms with E-state index in [2.05, 4.69) is 17.1 Å². The molecule has 0 atom stereocenters. The number of nitrogens with zero attached hydrogens (tertiary/aromatic N) is 2. The number of Topliss-reactive ketones (excluding diaryl/α,β-unsaturated/α-hetero) is 1. The molecule has 1 aromatic carbocycles. The predicted octanol–water partition coefficient (Wildman–Crippen LogP) is 1.44. The first-order valence-electron chi connectivity index (χ1n) is 6.10. The van der Waals surface area contributed by atoms with Crippen molar-refractivity contribution >= 4 is 17.4 Å². The minimum Gasteiger partial charge on any atom is -0.291 e. The number of hydrogen-bond acceptors (Lipinski definition) is 3. The minimum absolute atomic E-state index is 0.391. The standard InChI is InChI=1S/C14H14N2O2/c17-13-11-6-2-3-7-12(11)16(14(13)18)10-15-8-4-1-5-9-15/h1-4,6-7H,5,8-10H2. The van der Waals surface area contributed by atoms with Crippen LogP contribution in [0.4, 0.5) is 5.69 Å². The second-order valence-electron chi connectivity index (χ2n) is 4.56. The predicted molar refractivity (Wildman–Crippen MR) is 68.5 cm³/mol. The number of fused-ring (bicyclic) bond motifs is 1. The maximum atomic E-state index is 12.0. The van der Waals surface area contributed by atoms with E-state index in [1.807, 2.05) is 12.1 Å². The summed E-state index contributed by atoms with van der Waals surface area (Å²) in [7, 11) is 0. The van der Waals surface area contributed by atoms with Crippen LogP contribution in [0.25, 0.3) is 0 Å². The number of ketones is 1. The SMILES string of the molecule is O=C1C(=O)N(CN2CC=CCC2)c2ccccc21. The second-order valence-corrected chi connectivity index (χ2v) is 4.56. The average Bonchev–Trinajstić information content (AvgIpc) is 2.66. The number of carbonyl (C=O) groups excluding carboxylic acids is 2. The van der Waals surface area contributed by atoms with E-state index in [4.69, 9.17) is 0 Å². The summed E-state index contributed by atoms with van der Waals surface area (Å²) in [5, 5.41) is 0. The Morgan fingerprint density at radius 2 is 1.94 bits per heavy atom. The van der Waals surface area contributed by atoms with Crippen molar-refractivity contribution in [2.24, 2.45) is 0 Å². The Labute approximate surface area is 105 Å². The molecule has 2 heterocycles. The first kappa shape index (κ1) is 11.2. The third kappa shape index (κ3) is 1.75. The van der Waals surface area contributed by atoms with Gasteiger partial charge < -0.3 is 0 Å². The van der Waals surface area contributed by atoms with E-state index < -0.39 is 11.7 Å². The van der Waals surface area contributed by atoms with Crippen molar-refractivity contribution in [3.05, 3.63) is 42.0 Å². The van der Waals surface area contributed by atoms with Crippen LogP contribution >= 0.6 is 0 Å². The largest absolute Gasteiger partial charge is 0.300 e. The summed E-state index contributed by atoms with van der Waals surface area (Å²) in [6, 6.07) is 7.19. The van der Waals surface area contributed by atoms with E-state index in [9.17, 15) is 9.59 Å². The zero-order valence-electron chi connectivity index (χ0n) is 10.0. The fourth-order valence-corrected chi connectivity index (χ4v) is 2.41. The Balaban J connectivity index is 1.86. The van der Waals surface area contributed by atoms with Gasteiger partial charge in [-0.2, -0.15) is 0 Å². The van der Waals surface area contributed by atoms with Crippen molar-refractivity contribution in [1.82, 2.24) is 4.90 Å². The summed E-state index contributed by atoms with van der Waals surface area (Å²) in [5.41, 5.74) is 1.26. The molecule has 4 heteroatoms. The lowest BCUT2D eigenvalue weighted by molar-refractivity contribution is -0.114. The van der Waals surface area contributed by atoms with Crippen molar-refractivity contribution < 1.29 is 9.59 Å². The van der Waals surface area contributed by atoms with Crippen molar-refractivity contribution in [3.63, 3.8) is 0 Å². The van der Waals surface area contributed by atoms with Gasteiger partial charge in [-0.3, -0.25) is 19.4 Å². The molecule has 0 spiro atoms. The average molecular weight is 242 g/mol. The molecule has 0 unspecified atom stereocenters. The fourth-order valence-electron chi connectivity index (χ4n) is 2.41. The zero-order valence-corrected chi connectivity index (χ0v) is 10.0. The fraction of sp³-hybridized carbons (Fsp3) is 0.286. The molecular weight excluding hydrogens is 228 g/mol. The molecule has 3 rings (SSSR count). The monoisotopic (exact) mass is 242 g/mol. The van der Waals surface area contributed by atoms with Crippen LogP contribution in [0.1, 0.15) is 16.8 Å². The Bertz CT molecular complexity index is 536. The number of hydrogen-bond donors (Lipinski definition) is 0. The van der Waals surface area contributed by atoms with Gasteiger partial charge >= 0.3 is 5.91 Å². The van der Waals surface area contributed by atoms with Gasteiger partial charge in [-0.1, -0.05) is 24.3 Å². The smallest absolute Gasteiger partial charge is 0.291 e. The quantitative estimate of drug-likeness (QED) is 0.582. The molecule has 0 N–H and O–H groups in total. The van der Waals surface area contributed by atoms with E-state index in [-0.39, 0.29) is 0 Å². The highest BCUT2D eigenvalue weighted by Crippen LogP contribution is 2.28. The van der Waals surface area contributed by atoms with Crippen molar-refractivity contribution in [1.29, 1.82) is 0 Å². The maximum absolute atomic E-state index is 12.0. The molecule has 1 amide bonds. The molecule has 0 radical (unpaired) electrons. The van der Waals surface area contributed by atoms with Crippen LogP contribution in [-0.4, -0.2) is 36.3 Å². The molecular formula is C14H14N2O2. The Morgan fingerprint density at radius 3 is 2.72 bits per heavy atom. The number of benzene rings is 1. The molecule has 0 aliphatic carbocycles. The number of para-hydroxylation sites is 1. The topological polar surface area (TPSA) is 40.6 Å². The van der Waals surface area contributed by atoms with Crippen molar-refractivity contribution in [2.75, 3.05) is 24.7 Å². The summed E-state index contributed by atoms with van der Waals surface area (Å²) in [6.07, 6.45) is 5.23. The Hall–Kier alpha value is -1.94. The Kier molecular flexibility index (Phi) is 2.72. The number of anilines is 1. The van der Waals surface area contributed by atoms with E-state index in [0.29, 0.717) is 12.2 Å². The molecule has 18 heavy (non-hydrogen) atoms. The van der Waals surface area contributed by atoms with Crippen LogP contribution < -0.4 is 4.90 Å². The van der Waals surface area contributed by atoms with E-state index in [1.165, 1.54) is 0 Å². The lowest BCUT2D eigenvalue weighted by atomic mass is 10.1.